The van der Waals surface area contributed by atoms with Crippen LogP contribution in [0.3, 0.4) is 0 Å². The van der Waals surface area contributed by atoms with E-state index in [2.05, 4.69) is 15.5 Å². The highest BCUT2D eigenvalue weighted by molar-refractivity contribution is 7.99. The van der Waals surface area contributed by atoms with E-state index in [9.17, 15) is 4.79 Å². The van der Waals surface area contributed by atoms with Gasteiger partial charge >= 0.3 is 0 Å². The third kappa shape index (κ3) is 4.59. The quantitative estimate of drug-likeness (QED) is 0.855. The lowest BCUT2D eigenvalue weighted by Crippen LogP contribution is -2.14. The van der Waals surface area contributed by atoms with E-state index in [0.29, 0.717) is 10.9 Å². The summed E-state index contributed by atoms with van der Waals surface area (Å²) in [5, 5.41) is 20.8. The van der Waals surface area contributed by atoms with Crippen LogP contribution in [0.5, 0.6) is 0 Å². The number of carbonyl (C=O) groups excluding carboxylic acids is 1. The van der Waals surface area contributed by atoms with Crippen molar-refractivity contribution in [2.45, 2.75) is 19.3 Å². The molecule has 2 rings (SSSR count). The second-order valence-corrected chi connectivity index (χ2v) is 6.31. The van der Waals surface area contributed by atoms with E-state index in [0.717, 1.165) is 21.9 Å². The van der Waals surface area contributed by atoms with Crippen LogP contribution in [0.1, 0.15) is 16.1 Å². The summed E-state index contributed by atoms with van der Waals surface area (Å²) >= 11 is 2.88. The minimum atomic E-state index is -0.0792. The number of anilines is 1. The summed E-state index contributed by atoms with van der Waals surface area (Å²) in [7, 11) is 0. The fraction of sp³-hybridized carbons (Fsp3) is 0.308. The second kappa shape index (κ2) is 7.37. The van der Waals surface area contributed by atoms with Gasteiger partial charge in [0, 0.05) is 5.75 Å². The van der Waals surface area contributed by atoms with Crippen molar-refractivity contribution in [3.8, 4) is 0 Å². The molecule has 1 amide bonds. The van der Waals surface area contributed by atoms with Gasteiger partial charge < -0.3 is 5.11 Å². The average molecular weight is 309 g/mol. The summed E-state index contributed by atoms with van der Waals surface area (Å²) in [5.41, 5.74) is 1.98. The zero-order chi connectivity index (χ0) is 14.4. The average Bonchev–Trinajstić information content (AvgIpc) is 2.84. The predicted octanol–water partition coefficient (Wildman–Crippen LogP) is 2.21. The molecule has 7 heteroatoms. The lowest BCUT2D eigenvalue weighted by molar-refractivity contribution is -0.113. The van der Waals surface area contributed by atoms with E-state index in [4.69, 9.17) is 5.11 Å². The van der Waals surface area contributed by atoms with Gasteiger partial charge in [-0.25, -0.2) is 0 Å². The fourth-order valence-electron chi connectivity index (χ4n) is 1.58. The Morgan fingerprint density at radius 1 is 1.40 bits per heavy atom. The van der Waals surface area contributed by atoms with E-state index in [1.54, 1.807) is 0 Å². The number of aromatic nitrogens is 2. The third-order valence-electron chi connectivity index (χ3n) is 2.45. The van der Waals surface area contributed by atoms with Crippen LogP contribution in [0.25, 0.3) is 0 Å². The van der Waals surface area contributed by atoms with Gasteiger partial charge in [0.15, 0.2) is 0 Å². The molecule has 0 spiro atoms. The number of carbonyl (C=O) groups is 1. The van der Waals surface area contributed by atoms with Crippen LogP contribution in [-0.4, -0.2) is 27.0 Å². The molecule has 1 heterocycles. The largest absolute Gasteiger partial charge is 0.392 e. The van der Waals surface area contributed by atoms with Gasteiger partial charge in [-0.15, -0.1) is 22.0 Å². The number of aliphatic hydroxyl groups is 1. The Bertz CT molecular complexity index is 587. The van der Waals surface area contributed by atoms with Gasteiger partial charge in [-0.3, -0.25) is 10.1 Å². The van der Waals surface area contributed by atoms with E-state index in [1.165, 1.54) is 23.1 Å². The summed E-state index contributed by atoms with van der Waals surface area (Å²) in [6.07, 6.45) is 0. The first-order valence-electron chi connectivity index (χ1n) is 6.04. The number of rotatable bonds is 6. The monoisotopic (exact) mass is 309 g/mol. The summed E-state index contributed by atoms with van der Waals surface area (Å²) in [4.78, 5) is 11.7. The number of hydrogen-bond donors (Lipinski definition) is 2. The number of thioether (sulfide) groups is 1. The minimum absolute atomic E-state index is 0.0371. The molecule has 0 fully saturated rings. The maximum Gasteiger partial charge on any atom is 0.236 e. The van der Waals surface area contributed by atoms with Gasteiger partial charge in [0.2, 0.25) is 11.0 Å². The van der Waals surface area contributed by atoms with E-state index in [-0.39, 0.29) is 12.5 Å². The highest BCUT2D eigenvalue weighted by Gasteiger charge is 2.06. The zero-order valence-electron chi connectivity index (χ0n) is 11.0. The Morgan fingerprint density at radius 3 is 2.90 bits per heavy atom. The van der Waals surface area contributed by atoms with Crippen LogP contribution in [-0.2, 0) is 17.2 Å². The SMILES string of the molecule is Cc1nnc(NC(=O)CSCc2cccc(CO)c2)s1. The molecule has 0 aliphatic carbocycles. The normalized spacial score (nSPS) is 10.5. The summed E-state index contributed by atoms with van der Waals surface area (Å²) in [5.74, 6) is 1.02. The number of hydrogen-bond acceptors (Lipinski definition) is 6. The standard InChI is InChI=1S/C13H15N3O2S2/c1-9-15-16-13(20-9)14-12(18)8-19-7-11-4-2-3-10(5-11)6-17/h2-5,17H,6-8H2,1H3,(H,14,16,18). The Hall–Kier alpha value is -1.44. The molecule has 20 heavy (non-hydrogen) atoms. The Balaban J connectivity index is 1.76. The van der Waals surface area contributed by atoms with Gasteiger partial charge in [0.1, 0.15) is 5.01 Å². The van der Waals surface area contributed by atoms with Crippen molar-refractivity contribution in [3.05, 3.63) is 40.4 Å². The Kier molecular flexibility index (Phi) is 5.51. The molecule has 2 N–H and O–H groups in total. The highest BCUT2D eigenvalue weighted by Crippen LogP contribution is 2.16. The summed E-state index contributed by atoms with van der Waals surface area (Å²) < 4.78 is 0. The molecule has 0 aliphatic rings. The Morgan fingerprint density at radius 2 is 2.20 bits per heavy atom. The molecule has 0 atom stereocenters. The second-order valence-electron chi connectivity index (χ2n) is 4.15. The lowest BCUT2D eigenvalue weighted by atomic mass is 10.1. The van der Waals surface area contributed by atoms with Crippen LogP contribution < -0.4 is 5.32 Å². The van der Waals surface area contributed by atoms with Crippen molar-refractivity contribution in [1.82, 2.24) is 10.2 Å². The van der Waals surface area contributed by atoms with Gasteiger partial charge in [0.25, 0.3) is 0 Å². The highest BCUT2D eigenvalue weighted by atomic mass is 32.2. The third-order valence-corrected chi connectivity index (χ3v) is 4.21. The van der Waals surface area contributed by atoms with Crippen LogP contribution in [0, 0.1) is 6.92 Å². The van der Waals surface area contributed by atoms with Gasteiger partial charge in [-0.2, -0.15) is 0 Å². The topological polar surface area (TPSA) is 75.1 Å². The first kappa shape index (κ1) is 15.0. The maximum absolute atomic E-state index is 11.7. The first-order chi connectivity index (χ1) is 9.67. The van der Waals surface area contributed by atoms with E-state index < -0.39 is 0 Å². The van der Waals surface area contributed by atoms with Crippen LogP contribution in [0.4, 0.5) is 5.13 Å². The number of benzene rings is 1. The summed E-state index contributed by atoms with van der Waals surface area (Å²) in [6, 6.07) is 7.71. The molecule has 1 aromatic carbocycles. The van der Waals surface area contributed by atoms with Gasteiger partial charge in [-0.1, -0.05) is 35.6 Å². The zero-order valence-corrected chi connectivity index (χ0v) is 12.6. The molecule has 0 bridgehead atoms. The van der Waals surface area contributed by atoms with Crippen molar-refractivity contribution in [2.75, 3.05) is 11.1 Å². The lowest BCUT2D eigenvalue weighted by Gasteiger charge is -2.04. The van der Waals surface area contributed by atoms with Crippen LogP contribution >= 0.6 is 23.1 Å². The van der Waals surface area contributed by atoms with Crippen molar-refractivity contribution < 1.29 is 9.90 Å². The van der Waals surface area contributed by atoms with Crippen molar-refractivity contribution in [1.29, 1.82) is 0 Å². The number of nitrogens with one attached hydrogen (secondary N) is 1. The molecule has 0 aliphatic heterocycles. The summed E-state index contributed by atoms with van der Waals surface area (Å²) in [6.45, 7) is 1.88. The maximum atomic E-state index is 11.7. The van der Waals surface area contributed by atoms with E-state index in [1.807, 2.05) is 31.2 Å². The number of nitrogens with zero attached hydrogens (tertiary/aromatic N) is 2. The molecular weight excluding hydrogens is 294 g/mol. The minimum Gasteiger partial charge on any atom is -0.392 e. The van der Waals surface area contributed by atoms with Gasteiger partial charge in [-0.05, 0) is 18.1 Å². The van der Waals surface area contributed by atoms with Crippen molar-refractivity contribution >= 4 is 34.1 Å². The molecule has 0 radical (unpaired) electrons. The van der Waals surface area contributed by atoms with Crippen molar-refractivity contribution in [2.24, 2.45) is 0 Å². The fourth-order valence-corrected chi connectivity index (χ4v) is 2.96. The predicted molar refractivity (Wildman–Crippen MR) is 81.8 cm³/mol. The molecule has 0 saturated heterocycles. The van der Waals surface area contributed by atoms with E-state index >= 15 is 0 Å². The molecular formula is C13H15N3O2S2. The first-order valence-corrected chi connectivity index (χ1v) is 8.01. The van der Waals surface area contributed by atoms with Crippen LogP contribution in [0.2, 0.25) is 0 Å². The van der Waals surface area contributed by atoms with Crippen molar-refractivity contribution in [3.63, 3.8) is 0 Å². The molecule has 0 saturated carbocycles. The molecule has 2 aromatic rings. The molecule has 5 nitrogen and oxygen atoms in total. The molecule has 0 unspecified atom stereocenters. The number of aryl methyl sites for hydroxylation is 1. The number of aliphatic hydroxyl groups excluding tert-OH is 1. The molecule has 106 valence electrons. The number of amides is 1. The Labute approximate surface area is 125 Å². The smallest absolute Gasteiger partial charge is 0.236 e. The molecule has 1 aromatic heterocycles. The van der Waals surface area contributed by atoms with Gasteiger partial charge in [0.05, 0.1) is 12.4 Å². The van der Waals surface area contributed by atoms with Crippen LogP contribution in [0.15, 0.2) is 24.3 Å².